The van der Waals surface area contributed by atoms with Crippen molar-refractivity contribution in [2.24, 2.45) is 23.7 Å². The molecule has 0 saturated carbocycles. The summed E-state index contributed by atoms with van der Waals surface area (Å²) in [7, 11) is 0. The van der Waals surface area contributed by atoms with Crippen molar-refractivity contribution in [3.63, 3.8) is 0 Å². The highest BCUT2D eigenvalue weighted by Gasteiger charge is 2.76. The molecule has 36 heavy (non-hydrogen) atoms. The first-order chi connectivity index (χ1) is 17.3. The van der Waals surface area contributed by atoms with Crippen molar-refractivity contribution in [2.45, 2.75) is 81.9 Å². The summed E-state index contributed by atoms with van der Waals surface area (Å²) in [4.78, 5) is 43.4. The van der Waals surface area contributed by atoms with E-state index in [1.807, 2.05) is 44.2 Å². The van der Waals surface area contributed by atoms with Gasteiger partial charge in [0.2, 0.25) is 17.7 Å². The molecule has 8 heteroatoms. The second kappa shape index (κ2) is 11.1. The smallest absolute Gasteiger partial charge is 0.244 e. The minimum absolute atomic E-state index is 0.00798. The summed E-state index contributed by atoms with van der Waals surface area (Å²) in [5, 5.41) is 16.5. The number of thioether (sulfide) groups is 1. The summed E-state index contributed by atoms with van der Waals surface area (Å²) < 4.78 is -0.670. The van der Waals surface area contributed by atoms with Crippen LogP contribution in [0.2, 0.25) is 0 Å². The third kappa shape index (κ3) is 4.44. The number of benzene rings is 1. The van der Waals surface area contributed by atoms with Crippen molar-refractivity contribution in [3.8, 4) is 0 Å². The van der Waals surface area contributed by atoms with Crippen molar-refractivity contribution in [1.29, 1.82) is 0 Å². The van der Waals surface area contributed by atoms with E-state index in [1.165, 1.54) is 0 Å². The molecule has 1 aromatic carbocycles. The van der Waals surface area contributed by atoms with Gasteiger partial charge >= 0.3 is 0 Å². The molecule has 3 N–H and O–H groups in total. The van der Waals surface area contributed by atoms with Gasteiger partial charge in [-0.2, -0.15) is 0 Å². The Balaban J connectivity index is 1.71. The second-order valence-electron chi connectivity index (χ2n) is 10.8. The number of hydrogen-bond acceptors (Lipinski definition) is 5. The molecule has 4 rings (SSSR count). The fourth-order valence-electron chi connectivity index (χ4n) is 6.66. The Kier molecular flexibility index (Phi) is 8.35. The van der Waals surface area contributed by atoms with Gasteiger partial charge < -0.3 is 20.6 Å². The number of amides is 3. The number of carbonyl (C=O) groups excluding carboxylic acids is 3. The monoisotopic (exact) mass is 515 g/mol. The summed E-state index contributed by atoms with van der Waals surface area (Å²) in [6.45, 7) is 8.66. The van der Waals surface area contributed by atoms with E-state index < -0.39 is 28.7 Å². The predicted octanol–water partition coefficient (Wildman–Crippen LogP) is 3.68. The molecule has 1 aromatic rings. The number of carbonyl (C=O) groups is 3. The lowest BCUT2D eigenvalue weighted by Gasteiger charge is -2.41. The maximum atomic E-state index is 14.2. The van der Waals surface area contributed by atoms with Crippen molar-refractivity contribution >= 4 is 35.2 Å². The van der Waals surface area contributed by atoms with E-state index in [2.05, 4.69) is 24.5 Å². The Bertz CT molecular complexity index is 959. The number of hydrogen-bond donors (Lipinski definition) is 3. The molecule has 3 fully saturated rings. The Morgan fingerprint density at radius 1 is 1.19 bits per heavy atom. The number of anilines is 1. The number of nitrogens with one attached hydrogen (secondary N) is 2. The lowest BCUT2D eigenvalue weighted by Crippen LogP contribution is -2.59. The highest BCUT2D eigenvalue weighted by Crippen LogP contribution is 2.69. The van der Waals surface area contributed by atoms with Gasteiger partial charge in [0, 0.05) is 17.5 Å². The Morgan fingerprint density at radius 3 is 2.56 bits per heavy atom. The lowest BCUT2D eigenvalue weighted by atomic mass is 9.66. The van der Waals surface area contributed by atoms with Crippen molar-refractivity contribution in [1.82, 2.24) is 10.2 Å². The van der Waals surface area contributed by atoms with Gasteiger partial charge in [0.15, 0.2) is 0 Å². The third-order valence-corrected chi connectivity index (χ3v) is 10.8. The average Bonchev–Trinajstić information content (AvgIpc) is 3.46. The zero-order valence-corrected chi connectivity index (χ0v) is 22.7. The van der Waals surface area contributed by atoms with E-state index in [4.69, 9.17) is 0 Å². The topological polar surface area (TPSA) is 98.7 Å². The van der Waals surface area contributed by atoms with Crippen LogP contribution in [0.5, 0.6) is 0 Å². The Labute approximate surface area is 219 Å². The molecule has 1 spiro atoms. The fraction of sp³-hybridized carbons (Fsp3) is 0.679. The van der Waals surface area contributed by atoms with E-state index in [-0.39, 0.29) is 41.4 Å². The molecule has 0 aromatic heterocycles. The SMILES string of the molecule is CCCCCNC(=O)C1N([C@@H](CO)[C@@H](C)CC)C(=O)[C@@H]2[C@@H](C(=O)Nc3ccccc3)[C@H]3CC(C)C12S3. The van der Waals surface area contributed by atoms with Gasteiger partial charge in [0.1, 0.15) is 6.04 Å². The molecule has 2 bridgehead atoms. The fourth-order valence-corrected chi connectivity index (χ4v) is 9.07. The van der Waals surface area contributed by atoms with E-state index in [0.29, 0.717) is 12.2 Å². The van der Waals surface area contributed by atoms with Crippen LogP contribution in [0.3, 0.4) is 0 Å². The first-order valence-corrected chi connectivity index (χ1v) is 14.4. The summed E-state index contributed by atoms with van der Waals surface area (Å²) in [6, 6.07) is 8.17. The normalized spacial score (nSPS) is 32.3. The number of unbranched alkanes of at least 4 members (excludes halogenated alkanes) is 2. The third-order valence-electron chi connectivity index (χ3n) is 8.70. The van der Waals surface area contributed by atoms with Crippen LogP contribution in [0.15, 0.2) is 30.3 Å². The van der Waals surface area contributed by atoms with E-state index in [1.54, 1.807) is 16.7 Å². The molecule has 3 amide bonds. The second-order valence-corrected chi connectivity index (χ2v) is 12.3. The molecule has 198 valence electrons. The molecule has 3 unspecified atom stereocenters. The molecule has 0 aliphatic carbocycles. The molecule has 3 saturated heterocycles. The minimum Gasteiger partial charge on any atom is -0.394 e. The number of para-hydroxylation sites is 1. The van der Waals surface area contributed by atoms with Gasteiger partial charge in [-0.05, 0) is 36.8 Å². The highest BCUT2D eigenvalue weighted by molar-refractivity contribution is 8.02. The largest absolute Gasteiger partial charge is 0.394 e. The van der Waals surface area contributed by atoms with Crippen LogP contribution in [0.4, 0.5) is 5.69 Å². The Morgan fingerprint density at radius 2 is 1.92 bits per heavy atom. The first kappa shape index (κ1) is 27.0. The maximum absolute atomic E-state index is 14.2. The van der Waals surface area contributed by atoms with E-state index in [9.17, 15) is 19.5 Å². The van der Waals surface area contributed by atoms with Crippen LogP contribution < -0.4 is 10.6 Å². The van der Waals surface area contributed by atoms with Crippen LogP contribution in [0, 0.1) is 23.7 Å². The van der Waals surface area contributed by atoms with Crippen molar-refractivity contribution < 1.29 is 19.5 Å². The first-order valence-electron chi connectivity index (χ1n) is 13.6. The van der Waals surface area contributed by atoms with Crippen LogP contribution in [0.1, 0.15) is 59.8 Å². The molecule has 8 atom stereocenters. The molecule has 0 radical (unpaired) electrons. The minimum atomic E-state index is -0.692. The summed E-state index contributed by atoms with van der Waals surface area (Å²) in [5.41, 5.74) is 0.706. The van der Waals surface area contributed by atoms with Gasteiger partial charge in [-0.15, -0.1) is 11.8 Å². The van der Waals surface area contributed by atoms with Gasteiger partial charge in [-0.1, -0.05) is 65.2 Å². The number of aliphatic hydroxyl groups excluding tert-OH is 1. The standard InChI is InChI=1S/C28H41N3O4S/c1-5-7-11-14-29-26(34)24-28-18(4)15-21(36-28)22(25(33)30-19-12-9-8-10-13-19)23(28)27(35)31(24)20(16-32)17(3)6-2/h8-10,12-13,17-18,20-24,32H,5-7,11,14-16H2,1-4H3,(H,29,34)(H,30,33)/t17-,18?,20-,21+,22-,23-,24?,28?/m0/s1. The highest BCUT2D eigenvalue weighted by atomic mass is 32.2. The molecular formula is C28H41N3O4S. The average molecular weight is 516 g/mol. The quantitative estimate of drug-likeness (QED) is 0.391. The summed E-state index contributed by atoms with van der Waals surface area (Å²) in [6.07, 6.45) is 4.55. The molecular weight excluding hydrogens is 474 g/mol. The van der Waals surface area contributed by atoms with Crippen LogP contribution >= 0.6 is 11.8 Å². The molecule has 3 aliphatic heterocycles. The van der Waals surface area contributed by atoms with Crippen molar-refractivity contribution in [3.05, 3.63) is 30.3 Å². The molecule has 3 aliphatic rings. The number of nitrogens with zero attached hydrogens (tertiary/aromatic N) is 1. The zero-order valence-electron chi connectivity index (χ0n) is 21.9. The number of rotatable bonds is 11. The van der Waals surface area contributed by atoms with Crippen molar-refractivity contribution in [2.75, 3.05) is 18.5 Å². The van der Waals surface area contributed by atoms with Gasteiger partial charge in [0.25, 0.3) is 0 Å². The summed E-state index contributed by atoms with van der Waals surface area (Å²) in [5.74, 6) is -1.40. The summed E-state index contributed by atoms with van der Waals surface area (Å²) >= 11 is 1.67. The van der Waals surface area contributed by atoms with Crippen LogP contribution in [-0.4, -0.2) is 63.0 Å². The number of fused-ring (bicyclic) bond motifs is 1. The maximum Gasteiger partial charge on any atom is 0.244 e. The number of aliphatic hydroxyl groups is 1. The van der Waals surface area contributed by atoms with Crippen LogP contribution in [-0.2, 0) is 14.4 Å². The number of likely N-dealkylation sites (tertiary alicyclic amines) is 1. The zero-order chi connectivity index (χ0) is 26.0. The lowest BCUT2D eigenvalue weighted by molar-refractivity contribution is -0.143. The van der Waals surface area contributed by atoms with Crippen LogP contribution in [0.25, 0.3) is 0 Å². The molecule has 3 heterocycles. The van der Waals surface area contributed by atoms with Gasteiger partial charge in [0.05, 0.1) is 29.2 Å². The van der Waals surface area contributed by atoms with E-state index in [0.717, 1.165) is 32.1 Å². The Hall–Kier alpha value is -2.06. The van der Waals surface area contributed by atoms with Gasteiger partial charge in [-0.25, -0.2) is 0 Å². The predicted molar refractivity (Wildman–Crippen MR) is 143 cm³/mol. The molecule has 7 nitrogen and oxygen atoms in total. The van der Waals surface area contributed by atoms with Gasteiger partial charge in [-0.3, -0.25) is 14.4 Å². The van der Waals surface area contributed by atoms with E-state index >= 15 is 0 Å².